The molecule has 0 aromatic carbocycles. The van der Waals surface area contributed by atoms with E-state index < -0.39 is 0 Å². The quantitative estimate of drug-likeness (QED) is 0.626. The summed E-state index contributed by atoms with van der Waals surface area (Å²) in [6.07, 6.45) is 0.952. The molecule has 2 N–H and O–H groups in total. The van der Waals surface area contributed by atoms with Crippen molar-refractivity contribution in [2.24, 2.45) is 0 Å². The van der Waals surface area contributed by atoms with Crippen molar-refractivity contribution in [1.82, 2.24) is 10.6 Å². The van der Waals surface area contributed by atoms with Gasteiger partial charge in [-0.3, -0.25) is 4.79 Å². The van der Waals surface area contributed by atoms with Crippen LogP contribution in [0.15, 0.2) is 0 Å². The molecule has 0 aromatic heterocycles. The summed E-state index contributed by atoms with van der Waals surface area (Å²) in [5.74, 6) is 0.0101. The van der Waals surface area contributed by atoms with Crippen molar-refractivity contribution in [1.29, 1.82) is 0 Å². The summed E-state index contributed by atoms with van der Waals surface area (Å²) in [4.78, 5) is 11.6. The fourth-order valence-corrected chi connectivity index (χ4v) is 1.74. The summed E-state index contributed by atoms with van der Waals surface area (Å²) < 4.78 is 10.3. The molecular formula is C11H22N2O3. The molecule has 0 radical (unpaired) electrons. The third kappa shape index (κ3) is 3.73. The molecule has 1 rings (SSSR count). The Kier molecular flexibility index (Phi) is 5.18. The number of ether oxygens (including phenoxy) is 2. The molecule has 94 valence electrons. The number of rotatable bonds is 6. The minimum Gasteiger partial charge on any atom is -0.383 e. The Morgan fingerprint density at radius 2 is 2.38 bits per heavy atom. The standard InChI is InChI=1S/C11H22N2O3/c1-9-11(2,4-6-16-9)13-10(14)8-12-5-7-15-3/h9,12H,4-8H2,1-3H3,(H,13,14). The van der Waals surface area contributed by atoms with Gasteiger partial charge in [0.15, 0.2) is 0 Å². The molecule has 1 amide bonds. The maximum atomic E-state index is 11.6. The lowest BCUT2D eigenvalue weighted by molar-refractivity contribution is -0.122. The molecule has 0 bridgehead atoms. The fourth-order valence-electron chi connectivity index (χ4n) is 1.74. The van der Waals surface area contributed by atoms with E-state index in [0.717, 1.165) is 13.0 Å². The van der Waals surface area contributed by atoms with Gasteiger partial charge >= 0.3 is 0 Å². The van der Waals surface area contributed by atoms with Crippen LogP contribution in [0.2, 0.25) is 0 Å². The van der Waals surface area contributed by atoms with Gasteiger partial charge in [0.25, 0.3) is 0 Å². The van der Waals surface area contributed by atoms with Crippen LogP contribution in [0.25, 0.3) is 0 Å². The van der Waals surface area contributed by atoms with Crippen LogP contribution in [-0.4, -0.2) is 51.0 Å². The molecule has 1 aliphatic rings. The van der Waals surface area contributed by atoms with Crippen LogP contribution >= 0.6 is 0 Å². The van der Waals surface area contributed by atoms with Gasteiger partial charge in [-0.1, -0.05) is 0 Å². The predicted octanol–water partition coefficient (Wildman–Crippen LogP) is -0.0939. The minimum absolute atomic E-state index is 0.0101. The van der Waals surface area contributed by atoms with Crippen molar-refractivity contribution in [3.8, 4) is 0 Å². The first-order valence-corrected chi connectivity index (χ1v) is 5.71. The molecule has 5 heteroatoms. The topological polar surface area (TPSA) is 59.6 Å². The largest absolute Gasteiger partial charge is 0.383 e. The highest BCUT2D eigenvalue weighted by atomic mass is 16.5. The second kappa shape index (κ2) is 6.18. The summed E-state index contributed by atoms with van der Waals surface area (Å²) in [5.41, 5.74) is -0.222. The van der Waals surface area contributed by atoms with Crippen molar-refractivity contribution in [3.05, 3.63) is 0 Å². The average molecular weight is 230 g/mol. The van der Waals surface area contributed by atoms with E-state index in [-0.39, 0.29) is 17.6 Å². The van der Waals surface area contributed by atoms with E-state index in [1.807, 2.05) is 13.8 Å². The second-order valence-electron chi connectivity index (χ2n) is 4.40. The van der Waals surface area contributed by atoms with E-state index in [1.54, 1.807) is 7.11 Å². The molecule has 5 nitrogen and oxygen atoms in total. The second-order valence-corrected chi connectivity index (χ2v) is 4.40. The zero-order valence-corrected chi connectivity index (χ0v) is 10.3. The van der Waals surface area contributed by atoms with Crippen molar-refractivity contribution in [2.45, 2.75) is 31.9 Å². The highest BCUT2D eigenvalue weighted by Crippen LogP contribution is 2.24. The molecule has 0 aliphatic carbocycles. The van der Waals surface area contributed by atoms with Crippen LogP contribution in [-0.2, 0) is 14.3 Å². The van der Waals surface area contributed by atoms with E-state index >= 15 is 0 Å². The number of carbonyl (C=O) groups is 1. The van der Waals surface area contributed by atoms with Crippen LogP contribution in [0.3, 0.4) is 0 Å². The number of methoxy groups -OCH3 is 1. The van der Waals surface area contributed by atoms with E-state index in [2.05, 4.69) is 10.6 Å². The fraction of sp³-hybridized carbons (Fsp3) is 0.909. The van der Waals surface area contributed by atoms with Gasteiger partial charge in [-0.25, -0.2) is 0 Å². The van der Waals surface area contributed by atoms with Crippen molar-refractivity contribution < 1.29 is 14.3 Å². The van der Waals surface area contributed by atoms with Gasteiger partial charge in [-0.2, -0.15) is 0 Å². The first-order valence-electron chi connectivity index (χ1n) is 5.71. The predicted molar refractivity (Wildman–Crippen MR) is 61.3 cm³/mol. The molecule has 1 saturated heterocycles. The maximum Gasteiger partial charge on any atom is 0.234 e. The number of hydrogen-bond donors (Lipinski definition) is 2. The number of carbonyl (C=O) groups excluding carboxylic acids is 1. The van der Waals surface area contributed by atoms with E-state index in [1.165, 1.54) is 0 Å². The normalized spacial score (nSPS) is 29.3. The summed E-state index contributed by atoms with van der Waals surface area (Å²) in [6.45, 7) is 6.36. The Labute approximate surface area is 96.9 Å². The zero-order chi connectivity index (χ0) is 12.0. The molecule has 2 unspecified atom stereocenters. The van der Waals surface area contributed by atoms with E-state index in [4.69, 9.17) is 9.47 Å². The molecule has 1 aliphatic heterocycles. The first-order chi connectivity index (χ1) is 7.58. The van der Waals surface area contributed by atoms with Crippen molar-refractivity contribution in [3.63, 3.8) is 0 Å². The Balaban J connectivity index is 2.23. The third-order valence-corrected chi connectivity index (χ3v) is 3.08. The Hall–Kier alpha value is -0.650. The highest BCUT2D eigenvalue weighted by Gasteiger charge is 2.37. The number of hydrogen-bond acceptors (Lipinski definition) is 4. The van der Waals surface area contributed by atoms with Gasteiger partial charge in [0.1, 0.15) is 0 Å². The van der Waals surface area contributed by atoms with Crippen LogP contribution in [0, 0.1) is 0 Å². The van der Waals surface area contributed by atoms with Gasteiger partial charge in [0.05, 0.1) is 24.8 Å². The Bertz CT molecular complexity index is 235. The SMILES string of the molecule is COCCNCC(=O)NC1(C)CCOC1C. The summed E-state index contributed by atoms with van der Waals surface area (Å²) in [6, 6.07) is 0. The van der Waals surface area contributed by atoms with Gasteiger partial charge in [0.2, 0.25) is 5.91 Å². The van der Waals surface area contributed by atoms with E-state index in [9.17, 15) is 4.79 Å². The molecule has 1 heterocycles. The van der Waals surface area contributed by atoms with Gasteiger partial charge < -0.3 is 20.1 Å². The lowest BCUT2D eigenvalue weighted by Crippen LogP contribution is -2.53. The molecular weight excluding hydrogens is 208 g/mol. The van der Waals surface area contributed by atoms with Crippen molar-refractivity contribution in [2.75, 3.05) is 33.4 Å². The van der Waals surface area contributed by atoms with E-state index in [0.29, 0.717) is 19.7 Å². The van der Waals surface area contributed by atoms with Crippen molar-refractivity contribution >= 4 is 5.91 Å². The van der Waals surface area contributed by atoms with Crippen LogP contribution in [0.5, 0.6) is 0 Å². The zero-order valence-electron chi connectivity index (χ0n) is 10.3. The summed E-state index contributed by atoms with van der Waals surface area (Å²) in [7, 11) is 1.64. The van der Waals surface area contributed by atoms with Gasteiger partial charge in [0, 0.05) is 20.3 Å². The maximum absolute atomic E-state index is 11.6. The van der Waals surface area contributed by atoms with Crippen LogP contribution in [0.4, 0.5) is 0 Å². The van der Waals surface area contributed by atoms with Crippen LogP contribution < -0.4 is 10.6 Å². The smallest absolute Gasteiger partial charge is 0.234 e. The third-order valence-electron chi connectivity index (χ3n) is 3.08. The first kappa shape index (κ1) is 13.4. The summed E-state index contributed by atoms with van der Waals surface area (Å²) in [5, 5.41) is 6.03. The monoisotopic (exact) mass is 230 g/mol. The number of nitrogens with one attached hydrogen (secondary N) is 2. The lowest BCUT2D eigenvalue weighted by Gasteiger charge is -2.28. The molecule has 0 aromatic rings. The average Bonchev–Trinajstić information content (AvgIpc) is 2.54. The van der Waals surface area contributed by atoms with Gasteiger partial charge in [-0.05, 0) is 20.3 Å². The Morgan fingerprint density at radius 1 is 1.62 bits per heavy atom. The molecule has 0 spiro atoms. The number of amides is 1. The highest BCUT2D eigenvalue weighted by molar-refractivity contribution is 5.78. The molecule has 0 saturated carbocycles. The lowest BCUT2D eigenvalue weighted by atomic mass is 9.95. The minimum atomic E-state index is -0.222. The molecule has 2 atom stereocenters. The van der Waals surface area contributed by atoms with Crippen LogP contribution in [0.1, 0.15) is 20.3 Å². The summed E-state index contributed by atoms with van der Waals surface area (Å²) >= 11 is 0. The Morgan fingerprint density at radius 3 is 2.94 bits per heavy atom. The van der Waals surface area contributed by atoms with Gasteiger partial charge in [-0.15, -0.1) is 0 Å². The molecule has 1 fully saturated rings. The molecule has 16 heavy (non-hydrogen) atoms.